The van der Waals surface area contributed by atoms with Crippen LogP contribution in [-0.4, -0.2) is 20.6 Å². The summed E-state index contributed by atoms with van der Waals surface area (Å²) in [4.78, 5) is 8.99. The zero-order chi connectivity index (χ0) is 12.5. The summed E-state index contributed by atoms with van der Waals surface area (Å²) in [6.07, 6.45) is 4.45. The number of rotatable bonds is 4. The monoisotopic (exact) mass is 242 g/mol. The smallest absolute Gasteiger partial charge is 0.138 e. The van der Waals surface area contributed by atoms with Gasteiger partial charge >= 0.3 is 0 Å². The molecule has 18 heavy (non-hydrogen) atoms. The van der Waals surface area contributed by atoms with Crippen LogP contribution in [0.5, 0.6) is 0 Å². The summed E-state index contributed by atoms with van der Waals surface area (Å²) in [7, 11) is 0. The second-order valence-electron chi connectivity index (χ2n) is 4.93. The van der Waals surface area contributed by atoms with Gasteiger partial charge in [0.05, 0.1) is 11.4 Å². The fourth-order valence-electron chi connectivity index (χ4n) is 1.97. The van der Waals surface area contributed by atoms with E-state index in [9.17, 15) is 0 Å². The molecule has 0 bridgehead atoms. The van der Waals surface area contributed by atoms with Crippen molar-refractivity contribution in [2.75, 3.05) is 0 Å². The molecule has 0 unspecified atom stereocenters. The summed E-state index contributed by atoms with van der Waals surface area (Å²) in [6.45, 7) is 4.94. The van der Waals surface area contributed by atoms with Gasteiger partial charge in [0, 0.05) is 18.3 Å². The Labute approximate surface area is 107 Å². The topological polar surface area (TPSA) is 42.7 Å². The average Bonchev–Trinajstić information content (AvgIpc) is 3.15. The van der Waals surface area contributed by atoms with Crippen LogP contribution < -0.4 is 5.32 Å². The molecule has 0 spiro atoms. The van der Waals surface area contributed by atoms with Gasteiger partial charge in [-0.3, -0.25) is 4.57 Å². The molecule has 4 heteroatoms. The maximum Gasteiger partial charge on any atom is 0.138 e. The number of aromatic nitrogens is 3. The van der Waals surface area contributed by atoms with Crippen LogP contribution in [0.15, 0.2) is 24.5 Å². The van der Waals surface area contributed by atoms with Crippen molar-refractivity contribution in [3.63, 3.8) is 0 Å². The fourth-order valence-corrected chi connectivity index (χ4v) is 1.97. The van der Waals surface area contributed by atoms with Crippen molar-refractivity contribution >= 4 is 0 Å². The van der Waals surface area contributed by atoms with Crippen molar-refractivity contribution in [1.82, 2.24) is 19.9 Å². The predicted octanol–water partition coefficient (Wildman–Crippen LogP) is 2.14. The highest BCUT2D eigenvalue weighted by molar-refractivity contribution is 5.29. The average molecular weight is 242 g/mol. The van der Waals surface area contributed by atoms with Gasteiger partial charge in [0.25, 0.3) is 0 Å². The van der Waals surface area contributed by atoms with E-state index in [0.29, 0.717) is 6.04 Å². The minimum Gasteiger partial charge on any atom is -0.308 e. The fraction of sp³-hybridized carbons (Fsp3) is 0.429. The van der Waals surface area contributed by atoms with Crippen LogP contribution in [0.1, 0.15) is 29.9 Å². The molecule has 2 aromatic heterocycles. The number of pyridine rings is 1. The molecule has 0 radical (unpaired) electrons. The molecule has 0 saturated heterocycles. The van der Waals surface area contributed by atoms with E-state index < -0.39 is 0 Å². The van der Waals surface area contributed by atoms with Crippen LogP contribution in [0.4, 0.5) is 0 Å². The molecule has 1 fully saturated rings. The molecule has 1 N–H and O–H groups in total. The lowest BCUT2D eigenvalue weighted by molar-refractivity contribution is 0.672. The highest BCUT2D eigenvalue weighted by atomic mass is 15.1. The number of hydrogen-bond donors (Lipinski definition) is 1. The first-order valence-electron chi connectivity index (χ1n) is 6.44. The SMILES string of the molecule is Cc1ncn(-c2cccc(CNC3CC3)n2)c1C. The van der Waals surface area contributed by atoms with Crippen molar-refractivity contribution < 1.29 is 0 Å². The molecule has 1 aliphatic carbocycles. The van der Waals surface area contributed by atoms with Crippen LogP contribution in [0.3, 0.4) is 0 Å². The third-order valence-electron chi connectivity index (χ3n) is 3.44. The largest absolute Gasteiger partial charge is 0.308 e. The third kappa shape index (κ3) is 2.29. The molecule has 4 nitrogen and oxygen atoms in total. The number of imidazole rings is 1. The first kappa shape index (κ1) is 11.4. The maximum atomic E-state index is 4.68. The molecule has 0 atom stereocenters. The van der Waals surface area contributed by atoms with Gasteiger partial charge in [-0.05, 0) is 38.8 Å². The number of nitrogens with one attached hydrogen (secondary N) is 1. The molecule has 2 heterocycles. The molecule has 0 aromatic carbocycles. The Morgan fingerprint density at radius 2 is 2.17 bits per heavy atom. The number of aryl methyl sites for hydroxylation is 1. The van der Waals surface area contributed by atoms with Crippen LogP contribution >= 0.6 is 0 Å². The lowest BCUT2D eigenvalue weighted by Gasteiger charge is -2.07. The second kappa shape index (κ2) is 4.53. The normalized spacial score (nSPS) is 15.0. The predicted molar refractivity (Wildman–Crippen MR) is 70.7 cm³/mol. The van der Waals surface area contributed by atoms with Crippen molar-refractivity contribution in [2.24, 2.45) is 0 Å². The Morgan fingerprint density at radius 1 is 1.33 bits per heavy atom. The summed E-state index contributed by atoms with van der Waals surface area (Å²) in [5.74, 6) is 0.947. The van der Waals surface area contributed by atoms with E-state index in [-0.39, 0.29) is 0 Å². The van der Waals surface area contributed by atoms with Gasteiger partial charge in [0.15, 0.2) is 0 Å². The van der Waals surface area contributed by atoms with Crippen molar-refractivity contribution in [3.8, 4) is 5.82 Å². The number of hydrogen-bond acceptors (Lipinski definition) is 3. The molecule has 1 saturated carbocycles. The summed E-state index contributed by atoms with van der Waals surface area (Å²) in [5.41, 5.74) is 3.29. The minimum atomic E-state index is 0.715. The second-order valence-corrected chi connectivity index (χ2v) is 4.93. The van der Waals surface area contributed by atoms with E-state index in [2.05, 4.69) is 34.3 Å². The van der Waals surface area contributed by atoms with Gasteiger partial charge in [-0.15, -0.1) is 0 Å². The molecular weight excluding hydrogens is 224 g/mol. The summed E-state index contributed by atoms with van der Waals surface area (Å²) in [6, 6.07) is 6.86. The molecule has 2 aromatic rings. The van der Waals surface area contributed by atoms with Gasteiger partial charge in [-0.2, -0.15) is 0 Å². The van der Waals surface area contributed by atoms with E-state index in [1.165, 1.54) is 12.8 Å². The molecule has 1 aliphatic rings. The van der Waals surface area contributed by atoms with E-state index in [0.717, 1.165) is 29.4 Å². The zero-order valence-electron chi connectivity index (χ0n) is 10.8. The van der Waals surface area contributed by atoms with Crippen LogP contribution in [0, 0.1) is 13.8 Å². The Hall–Kier alpha value is -1.68. The summed E-state index contributed by atoms with van der Waals surface area (Å²) >= 11 is 0. The molecule has 0 aliphatic heterocycles. The lowest BCUT2D eigenvalue weighted by Crippen LogP contribution is -2.16. The molecule has 3 rings (SSSR count). The van der Waals surface area contributed by atoms with Gasteiger partial charge in [-0.25, -0.2) is 9.97 Å². The van der Waals surface area contributed by atoms with Gasteiger partial charge in [-0.1, -0.05) is 6.07 Å². The van der Waals surface area contributed by atoms with Crippen molar-refractivity contribution in [2.45, 2.75) is 39.3 Å². The first-order chi connectivity index (χ1) is 8.74. The highest BCUT2D eigenvalue weighted by Gasteiger charge is 2.20. The third-order valence-corrected chi connectivity index (χ3v) is 3.44. The molecular formula is C14H18N4. The van der Waals surface area contributed by atoms with E-state index in [1.54, 1.807) is 0 Å². The summed E-state index contributed by atoms with van der Waals surface area (Å²) in [5, 5.41) is 3.48. The summed E-state index contributed by atoms with van der Waals surface area (Å²) < 4.78 is 2.04. The van der Waals surface area contributed by atoms with Gasteiger partial charge in [0.1, 0.15) is 12.1 Å². The number of nitrogens with zero attached hydrogens (tertiary/aromatic N) is 3. The lowest BCUT2D eigenvalue weighted by atomic mass is 10.3. The highest BCUT2D eigenvalue weighted by Crippen LogP contribution is 2.19. The molecule has 0 amide bonds. The van der Waals surface area contributed by atoms with E-state index in [1.807, 2.05) is 23.9 Å². The van der Waals surface area contributed by atoms with Crippen LogP contribution in [0.2, 0.25) is 0 Å². The Balaban J connectivity index is 1.83. The van der Waals surface area contributed by atoms with Crippen LogP contribution in [-0.2, 0) is 6.54 Å². The van der Waals surface area contributed by atoms with Crippen molar-refractivity contribution in [3.05, 3.63) is 41.6 Å². The van der Waals surface area contributed by atoms with Crippen LogP contribution in [0.25, 0.3) is 5.82 Å². The maximum absolute atomic E-state index is 4.68. The van der Waals surface area contributed by atoms with Crippen molar-refractivity contribution in [1.29, 1.82) is 0 Å². The van der Waals surface area contributed by atoms with Gasteiger partial charge < -0.3 is 5.32 Å². The Morgan fingerprint density at radius 3 is 2.83 bits per heavy atom. The standard InChI is InChI=1S/C14H18N4/c1-10-11(2)18(9-16-10)14-5-3-4-13(17-14)8-15-12-6-7-12/h3-5,9,12,15H,6-8H2,1-2H3. The quantitative estimate of drug-likeness (QED) is 0.893. The van der Waals surface area contributed by atoms with E-state index >= 15 is 0 Å². The zero-order valence-corrected chi connectivity index (χ0v) is 10.8. The Kier molecular flexibility index (Phi) is 2.88. The minimum absolute atomic E-state index is 0.715. The first-order valence-corrected chi connectivity index (χ1v) is 6.44. The Bertz CT molecular complexity index is 555. The molecule has 94 valence electrons. The van der Waals surface area contributed by atoms with Gasteiger partial charge in [0.2, 0.25) is 0 Å². The van der Waals surface area contributed by atoms with E-state index in [4.69, 9.17) is 0 Å².